The molecule has 22 heavy (non-hydrogen) atoms. The van der Waals surface area contributed by atoms with Crippen LogP contribution in [0.1, 0.15) is 11.1 Å². The van der Waals surface area contributed by atoms with Crippen molar-refractivity contribution in [3.8, 4) is 11.3 Å². The van der Waals surface area contributed by atoms with Gasteiger partial charge in [0.05, 0.1) is 11.2 Å². The second kappa shape index (κ2) is 4.96. The summed E-state index contributed by atoms with van der Waals surface area (Å²) < 4.78 is 0. The maximum atomic E-state index is 4.96. The summed E-state index contributed by atoms with van der Waals surface area (Å²) in [5, 5.41) is 3.76. The maximum Gasteiger partial charge on any atom is 0.0788 e. The SMILES string of the molecule is Cc1cccc(-c2nc3ccccc3c3c(C)cccc23)c1. The lowest BCUT2D eigenvalue weighted by molar-refractivity contribution is 1.39. The van der Waals surface area contributed by atoms with Crippen LogP contribution in [0.2, 0.25) is 0 Å². The number of nitrogens with zero attached hydrogens (tertiary/aromatic N) is 1. The molecule has 3 aromatic carbocycles. The summed E-state index contributed by atoms with van der Waals surface area (Å²) in [7, 11) is 0. The Morgan fingerprint density at radius 2 is 1.50 bits per heavy atom. The van der Waals surface area contributed by atoms with Crippen LogP contribution < -0.4 is 0 Å². The van der Waals surface area contributed by atoms with Crippen molar-refractivity contribution in [1.29, 1.82) is 0 Å². The lowest BCUT2D eigenvalue weighted by Crippen LogP contribution is -1.91. The van der Waals surface area contributed by atoms with Crippen molar-refractivity contribution >= 4 is 21.7 Å². The highest BCUT2D eigenvalue weighted by atomic mass is 14.7. The average molecular weight is 283 g/mol. The first kappa shape index (κ1) is 13.0. The summed E-state index contributed by atoms with van der Waals surface area (Å²) in [6.45, 7) is 4.30. The zero-order chi connectivity index (χ0) is 15.1. The summed E-state index contributed by atoms with van der Waals surface area (Å²) in [4.78, 5) is 4.96. The van der Waals surface area contributed by atoms with Crippen LogP contribution in [-0.4, -0.2) is 4.98 Å². The second-order valence-electron chi connectivity index (χ2n) is 5.84. The Balaban J connectivity index is 2.20. The van der Waals surface area contributed by atoms with Crippen LogP contribution in [0.25, 0.3) is 32.9 Å². The Kier molecular flexibility index (Phi) is 2.93. The Bertz CT molecular complexity index is 999. The minimum Gasteiger partial charge on any atom is -0.247 e. The van der Waals surface area contributed by atoms with E-state index in [1.54, 1.807) is 0 Å². The summed E-state index contributed by atoms with van der Waals surface area (Å²) in [6, 6.07) is 23.5. The standard InChI is InChI=1S/C21H17N/c1-14-7-5-9-16(13-14)21-18-11-6-8-15(2)20(18)17-10-3-4-12-19(17)22-21/h3-13H,1-2H3. The van der Waals surface area contributed by atoms with Gasteiger partial charge in [0.2, 0.25) is 0 Å². The smallest absolute Gasteiger partial charge is 0.0788 e. The highest BCUT2D eigenvalue weighted by molar-refractivity contribution is 6.12. The lowest BCUT2D eigenvalue weighted by Gasteiger charge is -2.12. The number of aromatic nitrogens is 1. The monoisotopic (exact) mass is 283 g/mol. The van der Waals surface area contributed by atoms with Gasteiger partial charge in [-0.2, -0.15) is 0 Å². The van der Waals surface area contributed by atoms with E-state index < -0.39 is 0 Å². The van der Waals surface area contributed by atoms with Gasteiger partial charge in [-0.1, -0.05) is 60.2 Å². The zero-order valence-corrected chi connectivity index (χ0v) is 12.8. The number of para-hydroxylation sites is 1. The van der Waals surface area contributed by atoms with Crippen LogP contribution >= 0.6 is 0 Å². The van der Waals surface area contributed by atoms with Gasteiger partial charge in [0.15, 0.2) is 0 Å². The average Bonchev–Trinajstić information content (AvgIpc) is 2.54. The number of hydrogen-bond acceptors (Lipinski definition) is 1. The number of hydrogen-bond donors (Lipinski definition) is 0. The molecule has 1 heteroatoms. The molecule has 0 fully saturated rings. The molecule has 0 bridgehead atoms. The molecule has 0 aliphatic rings. The minimum atomic E-state index is 1.06. The number of fused-ring (bicyclic) bond motifs is 3. The quantitative estimate of drug-likeness (QED) is 0.410. The van der Waals surface area contributed by atoms with Crippen LogP contribution in [0.15, 0.2) is 66.7 Å². The summed E-state index contributed by atoms with van der Waals surface area (Å²) in [5.74, 6) is 0. The minimum absolute atomic E-state index is 1.06. The molecule has 4 aromatic rings. The van der Waals surface area contributed by atoms with Gasteiger partial charge in [-0.3, -0.25) is 0 Å². The van der Waals surface area contributed by atoms with Gasteiger partial charge in [-0.25, -0.2) is 4.98 Å². The molecule has 0 atom stereocenters. The molecule has 0 spiro atoms. The van der Waals surface area contributed by atoms with Gasteiger partial charge < -0.3 is 0 Å². The fourth-order valence-corrected chi connectivity index (χ4v) is 3.20. The van der Waals surface area contributed by atoms with E-state index in [9.17, 15) is 0 Å². The van der Waals surface area contributed by atoms with E-state index in [0.717, 1.165) is 11.2 Å². The molecule has 1 aromatic heterocycles. The Hall–Kier alpha value is -2.67. The number of pyridine rings is 1. The van der Waals surface area contributed by atoms with Gasteiger partial charge in [0.1, 0.15) is 0 Å². The van der Waals surface area contributed by atoms with Crippen molar-refractivity contribution in [3.05, 3.63) is 77.9 Å². The predicted molar refractivity (Wildman–Crippen MR) is 94.2 cm³/mol. The van der Waals surface area contributed by atoms with Gasteiger partial charge in [-0.05, 0) is 36.9 Å². The van der Waals surface area contributed by atoms with Crippen LogP contribution in [0.4, 0.5) is 0 Å². The topological polar surface area (TPSA) is 12.9 Å². The molecule has 106 valence electrons. The van der Waals surface area contributed by atoms with Crippen LogP contribution in [-0.2, 0) is 0 Å². The van der Waals surface area contributed by atoms with Gasteiger partial charge in [0.25, 0.3) is 0 Å². The van der Waals surface area contributed by atoms with E-state index in [-0.39, 0.29) is 0 Å². The molecule has 1 nitrogen and oxygen atoms in total. The van der Waals surface area contributed by atoms with Crippen LogP contribution in [0.3, 0.4) is 0 Å². The van der Waals surface area contributed by atoms with Crippen LogP contribution in [0, 0.1) is 13.8 Å². The van der Waals surface area contributed by atoms with Gasteiger partial charge in [-0.15, -0.1) is 0 Å². The molecule has 0 aliphatic carbocycles. The maximum absolute atomic E-state index is 4.96. The first-order chi connectivity index (χ1) is 10.7. The van der Waals surface area contributed by atoms with Crippen molar-refractivity contribution in [2.24, 2.45) is 0 Å². The Morgan fingerprint density at radius 1 is 0.727 bits per heavy atom. The Labute approximate surface area is 130 Å². The molecular formula is C21H17N. The number of rotatable bonds is 1. The third kappa shape index (κ3) is 1.98. The molecule has 0 saturated carbocycles. The third-order valence-electron chi connectivity index (χ3n) is 4.23. The summed E-state index contributed by atoms with van der Waals surface area (Å²) in [5.41, 5.74) is 5.86. The lowest BCUT2D eigenvalue weighted by atomic mass is 9.96. The van der Waals surface area contributed by atoms with Crippen LogP contribution in [0.5, 0.6) is 0 Å². The summed E-state index contributed by atoms with van der Waals surface area (Å²) >= 11 is 0. The summed E-state index contributed by atoms with van der Waals surface area (Å²) in [6.07, 6.45) is 0. The molecule has 1 heterocycles. The molecule has 0 N–H and O–H groups in total. The van der Waals surface area contributed by atoms with E-state index in [2.05, 4.69) is 80.6 Å². The first-order valence-electron chi connectivity index (χ1n) is 7.59. The van der Waals surface area contributed by atoms with E-state index >= 15 is 0 Å². The van der Waals surface area contributed by atoms with Gasteiger partial charge in [0, 0.05) is 16.3 Å². The predicted octanol–water partition coefficient (Wildman–Crippen LogP) is 5.67. The molecule has 0 unspecified atom stereocenters. The third-order valence-corrected chi connectivity index (χ3v) is 4.23. The number of benzene rings is 3. The van der Waals surface area contributed by atoms with Crippen molar-refractivity contribution in [3.63, 3.8) is 0 Å². The van der Waals surface area contributed by atoms with Crippen molar-refractivity contribution in [1.82, 2.24) is 4.98 Å². The fraction of sp³-hybridized carbons (Fsp3) is 0.0952. The van der Waals surface area contributed by atoms with Gasteiger partial charge >= 0.3 is 0 Å². The first-order valence-corrected chi connectivity index (χ1v) is 7.59. The molecule has 0 saturated heterocycles. The van der Waals surface area contributed by atoms with E-state index in [0.29, 0.717) is 0 Å². The van der Waals surface area contributed by atoms with E-state index in [1.165, 1.54) is 32.8 Å². The highest BCUT2D eigenvalue weighted by Gasteiger charge is 2.11. The largest absolute Gasteiger partial charge is 0.247 e. The molecular weight excluding hydrogens is 266 g/mol. The molecule has 4 rings (SSSR count). The van der Waals surface area contributed by atoms with E-state index in [1.807, 2.05) is 0 Å². The molecule has 0 amide bonds. The van der Waals surface area contributed by atoms with Crippen molar-refractivity contribution in [2.75, 3.05) is 0 Å². The van der Waals surface area contributed by atoms with E-state index in [4.69, 9.17) is 4.98 Å². The molecule has 0 aliphatic heterocycles. The second-order valence-corrected chi connectivity index (χ2v) is 5.84. The zero-order valence-electron chi connectivity index (χ0n) is 12.8. The number of aryl methyl sites for hydroxylation is 2. The normalized spacial score (nSPS) is 11.2. The molecule has 0 radical (unpaired) electrons. The Morgan fingerprint density at radius 3 is 2.36 bits per heavy atom. The highest BCUT2D eigenvalue weighted by Crippen LogP contribution is 2.34. The fourth-order valence-electron chi connectivity index (χ4n) is 3.20. The van der Waals surface area contributed by atoms with Crippen molar-refractivity contribution in [2.45, 2.75) is 13.8 Å². The van der Waals surface area contributed by atoms with Crippen molar-refractivity contribution < 1.29 is 0 Å².